The quantitative estimate of drug-likeness (QED) is 0.0596. The largest absolute Gasteiger partial charge is 0.477 e. The Morgan fingerprint density at radius 3 is 2.38 bits per heavy atom. The summed E-state index contributed by atoms with van der Waals surface area (Å²) in [4.78, 5) is 49.1. The number of carboxylic acids is 1. The molecule has 1 aliphatic rings. The number of amides is 3. The molecule has 0 radical (unpaired) electrons. The number of hydrogen-bond donors (Lipinski definition) is 8. The number of terminal acetylenes is 1. The molecule has 1 saturated heterocycles. The van der Waals surface area contributed by atoms with Gasteiger partial charge in [0.2, 0.25) is 11.8 Å². The Morgan fingerprint density at radius 2 is 1.72 bits per heavy atom. The normalized spacial score (nSPS) is 21.3. The number of benzene rings is 2. The first-order valence-corrected chi connectivity index (χ1v) is 15.7. The lowest BCUT2D eigenvalue weighted by molar-refractivity contribution is -0.312. The van der Waals surface area contributed by atoms with Crippen LogP contribution < -0.4 is 16.0 Å². The molecule has 50 heavy (non-hydrogen) atoms. The molecule has 0 aromatic heterocycles. The van der Waals surface area contributed by atoms with Crippen molar-refractivity contribution in [2.45, 2.75) is 49.1 Å². The third-order valence-electron chi connectivity index (χ3n) is 7.73. The maximum absolute atomic E-state index is 12.7. The number of aliphatic hydroxyl groups excluding tert-OH is 4. The molecule has 0 unspecified atom stereocenters. The Bertz CT molecular complexity index is 1480. The number of aliphatic hydroxyl groups is 4. The van der Waals surface area contributed by atoms with Gasteiger partial charge in [-0.15, -0.1) is 6.42 Å². The zero-order valence-electron chi connectivity index (χ0n) is 27.4. The van der Waals surface area contributed by atoms with Gasteiger partial charge < -0.3 is 60.4 Å². The van der Waals surface area contributed by atoms with Crippen molar-refractivity contribution in [1.29, 1.82) is 0 Å². The molecule has 0 bridgehead atoms. The molecule has 16 heteroatoms. The molecule has 1 fully saturated rings. The Balaban J connectivity index is 1.63. The standard InChI is InChI=1S/C34H43N3O13/c1-3-11-47-12-13-48-14-15-49-34(33(45)46)18-25(39)29(37-28(42)20-38)31(50-34)30(43)26(40)19-36-27(41)16-21-7-9-22(10-8-21)23-5-4-6-24(17-23)32(44)35-2/h1,4-10,17,25-26,29-31,38-40,43H,11-16,18-20H2,2H3,(H,35,44)(H,36,41)(H,37,42)(H,45,46)/t25-,26+,29+,30+,31+,34+/m0/s1. The number of carbonyl (C=O) groups excluding carboxylic acids is 3. The van der Waals surface area contributed by atoms with Crippen molar-refractivity contribution in [2.75, 3.05) is 53.2 Å². The maximum atomic E-state index is 12.7. The summed E-state index contributed by atoms with van der Waals surface area (Å²) in [6, 6.07) is 12.6. The van der Waals surface area contributed by atoms with Crippen LogP contribution in [0.1, 0.15) is 22.3 Å². The van der Waals surface area contributed by atoms with Gasteiger partial charge in [-0.1, -0.05) is 42.3 Å². The number of hydrogen-bond acceptors (Lipinski definition) is 12. The van der Waals surface area contributed by atoms with E-state index in [0.29, 0.717) is 11.1 Å². The van der Waals surface area contributed by atoms with Gasteiger partial charge in [0.1, 0.15) is 25.4 Å². The number of nitrogens with one attached hydrogen (secondary N) is 3. The van der Waals surface area contributed by atoms with Crippen LogP contribution in [0.5, 0.6) is 0 Å². The summed E-state index contributed by atoms with van der Waals surface area (Å²) in [5, 5.41) is 59.3. The molecule has 3 amide bonds. The van der Waals surface area contributed by atoms with Crippen molar-refractivity contribution in [3.8, 4) is 23.5 Å². The third kappa shape index (κ3) is 11.3. The van der Waals surface area contributed by atoms with Crippen molar-refractivity contribution < 1.29 is 63.7 Å². The second-order valence-electron chi connectivity index (χ2n) is 11.3. The highest BCUT2D eigenvalue weighted by molar-refractivity contribution is 5.95. The van der Waals surface area contributed by atoms with Gasteiger partial charge in [-0.05, 0) is 28.8 Å². The molecule has 16 nitrogen and oxygen atoms in total. The van der Waals surface area contributed by atoms with E-state index in [0.717, 1.165) is 11.1 Å². The Kier molecular flexibility index (Phi) is 15.7. The Labute approximate surface area is 288 Å². The van der Waals surface area contributed by atoms with E-state index >= 15 is 0 Å². The molecule has 0 aliphatic carbocycles. The van der Waals surface area contributed by atoms with Gasteiger partial charge in [-0.25, -0.2) is 4.79 Å². The zero-order chi connectivity index (χ0) is 36.7. The fraction of sp³-hybridized carbons (Fsp3) is 0.471. The molecule has 1 aliphatic heterocycles. The number of rotatable bonds is 19. The molecule has 1 heterocycles. The fourth-order valence-electron chi connectivity index (χ4n) is 5.17. The molecular formula is C34H43N3O13. The van der Waals surface area contributed by atoms with Crippen LogP contribution in [0.15, 0.2) is 48.5 Å². The van der Waals surface area contributed by atoms with E-state index < -0.39 is 73.6 Å². The van der Waals surface area contributed by atoms with E-state index in [1.807, 2.05) is 6.07 Å². The second-order valence-corrected chi connectivity index (χ2v) is 11.3. The Morgan fingerprint density at radius 1 is 1.02 bits per heavy atom. The van der Waals surface area contributed by atoms with E-state index in [4.69, 9.17) is 25.4 Å². The monoisotopic (exact) mass is 701 g/mol. The van der Waals surface area contributed by atoms with Gasteiger partial charge >= 0.3 is 5.97 Å². The van der Waals surface area contributed by atoms with Crippen LogP contribution in [0.4, 0.5) is 0 Å². The van der Waals surface area contributed by atoms with Crippen LogP contribution >= 0.6 is 0 Å². The molecule has 272 valence electrons. The first-order valence-electron chi connectivity index (χ1n) is 15.7. The topological polar surface area (TPSA) is 242 Å². The molecule has 0 spiro atoms. The van der Waals surface area contributed by atoms with Gasteiger partial charge in [0.15, 0.2) is 0 Å². The Hall–Kier alpha value is -4.44. The summed E-state index contributed by atoms with van der Waals surface area (Å²) < 4.78 is 21.5. The SMILES string of the molecule is C#CCOCCOCCO[C@]1(C(=O)O)C[C@H](O)[C@@H](NC(=O)CO)[C@H]([C@H](O)[C@H](O)CNC(=O)Cc2ccc(-c3cccc(C(=O)NC)c3)cc2)O1. The van der Waals surface area contributed by atoms with E-state index in [1.165, 1.54) is 0 Å². The first kappa shape index (κ1) is 40.0. The van der Waals surface area contributed by atoms with Crippen molar-refractivity contribution in [3.05, 3.63) is 59.7 Å². The zero-order valence-corrected chi connectivity index (χ0v) is 27.4. The predicted molar refractivity (Wildman–Crippen MR) is 175 cm³/mol. The second kappa shape index (κ2) is 19.7. The summed E-state index contributed by atoms with van der Waals surface area (Å²) in [7, 11) is 1.54. The highest BCUT2D eigenvalue weighted by Gasteiger charge is 2.55. The fourth-order valence-corrected chi connectivity index (χ4v) is 5.17. The number of carboxylic acid groups (broad SMARTS) is 1. The van der Waals surface area contributed by atoms with Crippen LogP contribution in [0.25, 0.3) is 11.1 Å². The maximum Gasteiger partial charge on any atom is 0.364 e. The molecule has 2 aromatic carbocycles. The lowest BCUT2D eigenvalue weighted by Crippen LogP contribution is -2.68. The molecule has 3 rings (SSSR count). The molecule has 2 aromatic rings. The van der Waals surface area contributed by atoms with Gasteiger partial charge in [0.05, 0.1) is 51.1 Å². The van der Waals surface area contributed by atoms with Crippen LogP contribution in [0.2, 0.25) is 0 Å². The lowest BCUT2D eigenvalue weighted by atomic mass is 9.88. The van der Waals surface area contributed by atoms with E-state index in [9.17, 15) is 44.7 Å². The summed E-state index contributed by atoms with van der Waals surface area (Å²) in [6.45, 7) is -1.53. The van der Waals surface area contributed by atoms with Crippen molar-refractivity contribution in [3.63, 3.8) is 0 Å². The van der Waals surface area contributed by atoms with Gasteiger partial charge in [-0.3, -0.25) is 14.4 Å². The minimum Gasteiger partial charge on any atom is -0.477 e. The molecule has 6 atom stereocenters. The summed E-state index contributed by atoms with van der Waals surface area (Å²) in [5.74, 6) is -3.60. The van der Waals surface area contributed by atoms with Gasteiger partial charge in [0.25, 0.3) is 11.7 Å². The number of ether oxygens (including phenoxy) is 4. The number of aliphatic carboxylic acids is 1. The van der Waals surface area contributed by atoms with Gasteiger partial charge in [-0.2, -0.15) is 0 Å². The molecule has 0 saturated carbocycles. The smallest absolute Gasteiger partial charge is 0.364 e. The van der Waals surface area contributed by atoms with Crippen LogP contribution in [-0.2, 0) is 39.8 Å². The third-order valence-corrected chi connectivity index (χ3v) is 7.73. The molecule has 8 N–H and O–H groups in total. The van der Waals surface area contributed by atoms with Crippen LogP contribution in [0, 0.1) is 12.3 Å². The highest BCUT2D eigenvalue weighted by atomic mass is 16.7. The average molecular weight is 702 g/mol. The van der Waals surface area contributed by atoms with Crippen molar-refractivity contribution in [2.24, 2.45) is 0 Å². The molecular weight excluding hydrogens is 658 g/mol. The summed E-state index contributed by atoms with van der Waals surface area (Å²) in [5.41, 5.74) is 2.74. The minimum atomic E-state index is -2.52. The minimum absolute atomic E-state index is 0.0911. The lowest BCUT2D eigenvalue weighted by Gasteiger charge is -2.46. The van der Waals surface area contributed by atoms with Gasteiger partial charge in [0, 0.05) is 25.6 Å². The predicted octanol–water partition coefficient (Wildman–Crippen LogP) is -1.82. The highest BCUT2D eigenvalue weighted by Crippen LogP contribution is 2.33. The van der Waals surface area contributed by atoms with Crippen LogP contribution in [0.3, 0.4) is 0 Å². The van der Waals surface area contributed by atoms with E-state index in [1.54, 1.807) is 49.5 Å². The van der Waals surface area contributed by atoms with Crippen molar-refractivity contribution in [1.82, 2.24) is 16.0 Å². The number of carbonyl (C=O) groups is 4. The average Bonchev–Trinajstić information content (AvgIpc) is 3.12. The van der Waals surface area contributed by atoms with Crippen molar-refractivity contribution >= 4 is 23.7 Å². The van der Waals surface area contributed by atoms with E-state index in [-0.39, 0.29) is 45.4 Å². The first-order chi connectivity index (χ1) is 23.9. The van der Waals surface area contributed by atoms with Crippen LogP contribution in [-0.4, -0.2) is 139 Å². The summed E-state index contributed by atoms with van der Waals surface area (Å²) >= 11 is 0. The summed E-state index contributed by atoms with van der Waals surface area (Å²) in [6.07, 6.45) is -2.88. The van der Waals surface area contributed by atoms with E-state index in [2.05, 4.69) is 21.9 Å².